The van der Waals surface area contributed by atoms with Crippen molar-refractivity contribution in [3.05, 3.63) is 35.9 Å². The molecule has 2 aliphatic rings. The fourth-order valence-corrected chi connectivity index (χ4v) is 3.89. The van der Waals surface area contributed by atoms with E-state index in [-0.39, 0.29) is 18.4 Å². The number of likely N-dealkylation sites (tertiary alicyclic amines) is 1. The summed E-state index contributed by atoms with van der Waals surface area (Å²) in [5.74, 6) is 1.01. The Labute approximate surface area is 185 Å². The van der Waals surface area contributed by atoms with E-state index in [1.54, 1.807) is 19.0 Å². The van der Waals surface area contributed by atoms with Crippen LogP contribution in [0.15, 0.2) is 35.3 Å². The monoisotopic (exact) mass is 428 g/mol. The van der Waals surface area contributed by atoms with Crippen LogP contribution in [0.5, 0.6) is 0 Å². The first-order valence-electron chi connectivity index (χ1n) is 11.3. The Morgan fingerprint density at radius 2 is 1.65 bits per heavy atom. The molecule has 0 atom stereocenters. The number of benzene rings is 1. The number of amides is 2. The Morgan fingerprint density at radius 1 is 0.968 bits per heavy atom. The number of carbonyl (C=O) groups is 2. The van der Waals surface area contributed by atoms with Gasteiger partial charge in [0.2, 0.25) is 11.8 Å². The number of hydrogen-bond acceptors (Lipinski definition) is 4. The summed E-state index contributed by atoms with van der Waals surface area (Å²) >= 11 is 0. The van der Waals surface area contributed by atoms with Crippen LogP contribution in [0.2, 0.25) is 0 Å². The van der Waals surface area contributed by atoms with Gasteiger partial charge in [0.05, 0.1) is 6.54 Å². The minimum atomic E-state index is -0.0165. The maximum absolute atomic E-state index is 12.4. The summed E-state index contributed by atoms with van der Waals surface area (Å²) in [4.78, 5) is 37.1. The Hall–Kier alpha value is -2.61. The first kappa shape index (κ1) is 23.1. The summed E-state index contributed by atoms with van der Waals surface area (Å²) in [5.41, 5.74) is 1.27. The van der Waals surface area contributed by atoms with E-state index >= 15 is 0 Å². The molecule has 2 fully saturated rings. The van der Waals surface area contributed by atoms with Gasteiger partial charge in [-0.05, 0) is 24.8 Å². The number of aliphatic imine (C=N–C) groups is 1. The number of piperazine rings is 1. The molecule has 8 heteroatoms. The Bertz CT molecular complexity index is 738. The van der Waals surface area contributed by atoms with E-state index in [0.717, 1.165) is 71.0 Å². The van der Waals surface area contributed by atoms with Crippen LogP contribution in [-0.2, 0) is 16.0 Å². The van der Waals surface area contributed by atoms with E-state index in [4.69, 9.17) is 0 Å². The molecule has 1 aromatic carbocycles. The van der Waals surface area contributed by atoms with Crippen LogP contribution in [0.25, 0.3) is 0 Å². The third-order valence-electron chi connectivity index (χ3n) is 5.89. The van der Waals surface area contributed by atoms with Crippen molar-refractivity contribution in [1.29, 1.82) is 0 Å². The van der Waals surface area contributed by atoms with Gasteiger partial charge >= 0.3 is 0 Å². The van der Waals surface area contributed by atoms with Crippen LogP contribution >= 0.6 is 0 Å². The zero-order valence-corrected chi connectivity index (χ0v) is 18.9. The van der Waals surface area contributed by atoms with Gasteiger partial charge in [0, 0.05) is 59.9 Å². The molecule has 2 amide bonds. The van der Waals surface area contributed by atoms with E-state index in [1.165, 1.54) is 5.56 Å². The lowest BCUT2D eigenvalue weighted by molar-refractivity contribution is -0.131. The Balaban J connectivity index is 1.52. The summed E-state index contributed by atoms with van der Waals surface area (Å²) in [6.07, 6.45) is 3.14. The molecule has 2 saturated heterocycles. The van der Waals surface area contributed by atoms with Crippen molar-refractivity contribution in [3.8, 4) is 0 Å². The quantitative estimate of drug-likeness (QED) is 0.506. The zero-order valence-electron chi connectivity index (χ0n) is 18.9. The number of carbonyl (C=O) groups excluding carboxylic acids is 2. The first-order chi connectivity index (χ1) is 15.0. The lowest BCUT2D eigenvalue weighted by atomic mass is 10.1. The maximum Gasteiger partial charge on any atom is 0.243 e. The van der Waals surface area contributed by atoms with E-state index in [9.17, 15) is 9.59 Å². The second-order valence-electron chi connectivity index (χ2n) is 8.44. The first-order valence-corrected chi connectivity index (χ1v) is 11.3. The van der Waals surface area contributed by atoms with Gasteiger partial charge in [0.1, 0.15) is 6.54 Å². The van der Waals surface area contributed by atoms with Crippen molar-refractivity contribution in [2.75, 3.05) is 73.0 Å². The number of rotatable bonds is 7. The Kier molecular flexibility index (Phi) is 8.70. The molecule has 170 valence electrons. The van der Waals surface area contributed by atoms with Crippen molar-refractivity contribution in [3.63, 3.8) is 0 Å². The highest BCUT2D eigenvalue weighted by atomic mass is 16.2. The SMILES string of the molecule is CN(C)C(=O)CN=C(NCCc1ccccc1)N1CCN(CC(=O)N2CCCC2)CC1. The fraction of sp³-hybridized carbons (Fsp3) is 0.609. The number of guanidine groups is 1. The van der Waals surface area contributed by atoms with Gasteiger partial charge in [-0.25, -0.2) is 4.99 Å². The molecule has 1 N–H and O–H groups in total. The van der Waals surface area contributed by atoms with Crippen molar-refractivity contribution < 1.29 is 9.59 Å². The molecule has 0 saturated carbocycles. The van der Waals surface area contributed by atoms with Gasteiger partial charge in [-0.3, -0.25) is 14.5 Å². The lowest BCUT2D eigenvalue weighted by Gasteiger charge is -2.36. The van der Waals surface area contributed by atoms with E-state index < -0.39 is 0 Å². The van der Waals surface area contributed by atoms with E-state index in [1.807, 2.05) is 23.1 Å². The molecule has 0 aromatic heterocycles. The molecular weight excluding hydrogens is 392 g/mol. The van der Waals surface area contributed by atoms with Gasteiger partial charge in [-0.1, -0.05) is 30.3 Å². The summed E-state index contributed by atoms with van der Waals surface area (Å²) < 4.78 is 0. The van der Waals surface area contributed by atoms with Crippen molar-refractivity contribution in [2.24, 2.45) is 4.99 Å². The smallest absolute Gasteiger partial charge is 0.243 e. The molecule has 1 aromatic rings. The fourth-order valence-electron chi connectivity index (χ4n) is 3.89. The average Bonchev–Trinajstić information content (AvgIpc) is 3.32. The number of hydrogen-bond donors (Lipinski definition) is 1. The van der Waals surface area contributed by atoms with E-state index in [0.29, 0.717) is 6.54 Å². The molecule has 2 aliphatic heterocycles. The summed E-state index contributed by atoms with van der Waals surface area (Å²) in [6.45, 7) is 6.42. The van der Waals surface area contributed by atoms with Gasteiger partial charge in [0.15, 0.2) is 5.96 Å². The largest absolute Gasteiger partial charge is 0.356 e. The highest BCUT2D eigenvalue weighted by Crippen LogP contribution is 2.09. The Morgan fingerprint density at radius 3 is 2.29 bits per heavy atom. The van der Waals surface area contributed by atoms with E-state index in [2.05, 4.69) is 32.2 Å². The molecule has 0 bridgehead atoms. The lowest BCUT2D eigenvalue weighted by Crippen LogP contribution is -2.54. The molecule has 0 spiro atoms. The van der Waals surface area contributed by atoms with Crippen LogP contribution in [0.4, 0.5) is 0 Å². The average molecular weight is 429 g/mol. The number of nitrogens with one attached hydrogen (secondary N) is 1. The topological polar surface area (TPSA) is 71.5 Å². The van der Waals surface area contributed by atoms with Crippen molar-refractivity contribution in [1.82, 2.24) is 24.9 Å². The normalized spacial score (nSPS) is 17.7. The van der Waals surface area contributed by atoms with Crippen molar-refractivity contribution in [2.45, 2.75) is 19.3 Å². The van der Waals surface area contributed by atoms with Crippen LogP contribution < -0.4 is 5.32 Å². The number of nitrogens with zero attached hydrogens (tertiary/aromatic N) is 5. The molecule has 3 rings (SSSR count). The molecule has 2 heterocycles. The second kappa shape index (κ2) is 11.7. The second-order valence-corrected chi connectivity index (χ2v) is 8.44. The van der Waals surface area contributed by atoms with Crippen LogP contribution in [0.3, 0.4) is 0 Å². The van der Waals surface area contributed by atoms with Crippen LogP contribution in [0, 0.1) is 0 Å². The summed E-state index contributed by atoms with van der Waals surface area (Å²) in [7, 11) is 3.49. The minimum Gasteiger partial charge on any atom is -0.356 e. The van der Waals surface area contributed by atoms with Crippen LogP contribution in [-0.4, -0.2) is 110 Å². The highest BCUT2D eigenvalue weighted by Gasteiger charge is 2.24. The predicted octanol–water partition coefficient (Wildman–Crippen LogP) is 0.503. The predicted molar refractivity (Wildman–Crippen MR) is 123 cm³/mol. The van der Waals surface area contributed by atoms with Crippen LogP contribution in [0.1, 0.15) is 18.4 Å². The maximum atomic E-state index is 12.4. The van der Waals surface area contributed by atoms with Gasteiger partial charge < -0.3 is 20.0 Å². The molecule has 8 nitrogen and oxygen atoms in total. The number of likely N-dealkylation sites (N-methyl/N-ethyl adjacent to an activating group) is 1. The standard InChI is InChI=1S/C23H36N6O2/c1-26(2)21(30)18-25-23(24-11-10-20-8-4-3-5-9-20)29-16-14-27(15-17-29)19-22(31)28-12-6-7-13-28/h3-5,8-9H,6-7,10-19H2,1-2H3,(H,24,25). The molecule has 0 unspecified atom stereocenters. The zero-order chi connectivity index (χ0) is 22.1. The third kappa shape index (κ3) is 7.24. The molecular formula is C23H36N6O2. The minimum absolute atomic E-state index is 0.0165. The highest BCUT2D eigenvalue weighted by molar-refractivity contribution is 5.85. The van der Waals surface area contributed by atoms with Gasteiger partial charge in [-0.15, -0.1) is 0 Å². The van der Waals surface area contributed by atoms with Gasteiger partial charge in [0.25, 0.3) is 0 Å². The molecule has 31 heavy (non-hydrogen) atoms. The third-order valence-corrected chi connectivity index (χ3v) is 5.89. The van der Waals surface area contributed by atoms with Crippen molar-refractivity contribution >= 4 is 17.8 Å². The van der Waals surface area contributed by atoms with Gasteiger partial charge in [-0.2, -0.15) is 0 Å². The molecule has 0 radical (unpaired) electrons. The summed E-state index contributed by atoms with van der Waals surface area (Å²) in [5, 5.41) is 3.44. The summed E-state index contributed by atoms with van der Waals surface area (Å²) in [6, 6.07) is 10.3. The molecule has 0 aliphatic carbocycles.